The van der Waals surface area contributed by atoms with Crippen LogP contribution in [0.5, 0.6) is 5.75 Å². The Morgan fingerprint density at radius 2 is 2.07 bits per heavy atom. The maximum absolute atomic E-state index is 11.5. The lowest BCUT2D eigenvalue weighted by atomic mass is 9.95. The van der Waals surface area contributed by atoms with E-state index in [4.69, 9.17) is 9.15 Å². The van der Waals surface area contributed by atoms with E-state index >= 15 is 0 Å². The van der Waals surface area contributed by atoms with Crippen LogP contribution < -0.4 is 10.4 Å². The molecular weight excluding hydrogens is 344 g/mol. The van der Waals surface area contributed by atoms with E-state index in [2.05, 4.69) is 15.5 Å². The number of aryl methyl sites for hydroxylation is 2. The van der Waals surface area contributed by atoms with Gasteiger partial charge in [-0.15, -0.1) is 5.10 Å². The summed E-state index contributed by atoms with van der Waals surface area (Å²) < 4.78 is 13.1. The highest BCUT2D eigenvalue weighted by Gasteiger charge is 2.19. The number of aromatic nitrogens is 4. The van der Waals surface area contributed by atoms with Crippen LogP contribution in [-0.4, -0.2) is 26.8 Å². The highest BCUT2D eigenvalue weighted by atomic mass is 16.5. The van der Waals surface area contributed by atoms with Crippen molar-refractivity contribution in [2.24, 2.45) is 0 Å². The summed E-state index contributed by atoms with van der Waals surface area (Å²) in [5, 5.41) is 13.2. The van der Waals surface area contributed by atoms with Crippen LogP contribution in [0.25, 0.3) is 11.0 Å². The Balaban J connectivity index is 1.35. The lowest BCUT2D eigenvalue weighted by Crippen LogP contribution is -2.17. The van der Waals surface area contributed by atoms with Gasteiger partial charge in [-0.2, -0.15) is 0 Å². The summed E-state index contributed by atoms with van der Waals surface area (Å²) in [7, 11) is 0. The zero-order valence-electron chi connectivity index (χ0n) is 15.6. The Morgan fingerprint density at radius 1 is 1.22 bits per heavy atom. The molecule has 142 valence electrons. The molecule has 0 aliphatic heterocycles. The molecule has 1 aromatic carbocycles. The molecule has 27 heavy (non-hydrogen) atoms. The largest absolute Gasteiger partial charge is 0.493 e. The van der Waals surface area contributed by atoms with Crippen LogP contribution in [0.1, 0.15) is 56.0 Å². The Bertz CT molecular complexity index is 973. The van der Waals surface area contributed by atoms with Gasteiger partial charge in [-0.1, -0.05) is 19.3 Å². The summed E-state index contributed by atoms with van der Waals surface area (Å²) in [4.78, 5) is 11.5. The van der Waals surface area contributed by atoms with E-state index in [0.29, 0.717) is 24.0 Å². The van der Waals surface area contributed by atoms with E-state index in [1.165, 1.54) is 25.3 Å². The van der Waals surface area contributed by atoms with Crippen molar-refractivity contribution in [3.8, 4) is 5.75 Å². The first-order valence-electron chi connectivity index (χ1n) is 9.65. The van der Waals surface area contributed by atoms with E-state index in [-0.39, 0.29) is 5.63 Å². The molecule has 7 nitrogen and oxygen atoms in total. The summed E-state index contributed by atoms with van der Waals surface area (Å²) in [6, 6.07) is 7.54. The van der Waals surface area contributed by atoms with Gasteiger partial charge in [-0.25, -0.2) is 9.48 Å². The van der Waals surface area contributed by atoms with Gasteiger partial charge in [0, 0.05) is 23.9 Å². The van der Waals surface area contributed by atoms with Crippen LogP contribution in [-0.2, 0) is 6.42 Å². The van der Waals surface area contributed by atoms with Crippen LogP contribution in [0.3, 0.4) is 0 Å². The zero-order valence-corrected chi connectivity index (χ0v) is 15.6. The van der Waals surface area contributed by atoms with E-state index < -0.39 is 0 Å². The fourth-order valence-electron chi connectivity index (χ4n) is 3.80. The molecule has 3 aromatic rings. The predicted molar refractivity (Wildman–Crippen MR) is 101 cm³/mol. The van der Waals surface area contributed by atoms with Crippen molar-refractivity contribution < 1.29 is 9.15 Å². The van der Waals surface area contributed by atoms with Crippen molar-refractivity contribution in [1.29, 1.82) is 0 Å². The van der Waals surface area contributed by atoms with Crippen LogP contribution in [0.15, 0.2) is 33.5 Å². The van der Waals surface area contributed by atoms with E-state index in [9.17, 15) is 4.79 Å². The van der Waals surface area contributed by atoms with Crippen molar-refractivity contribution in [2.75, 3.05) is 6.61 Å². The van der Waals surface area contributed by atoms with Gasteiger partial charge in [-0.3, -0.25) is 0 Å². The molecule has 2 aromatic heterocycles. The summed E-state index contributed by atoms with van der Waals surface area (Å²) in [6.07, 6.45) is 7.75. The summed E-state index contributed by atoms with van der Waals surface area (Å²) in [5.41, 5.74) is 1.12. The normalized spacial score (nSPS) is 15.3. The highest BCUT2D eigenvalue weighted by molar-refractivity contribution is 5.81. The Morgan fingerprint density at radius 3 is 2.93 bits per heavy atom. The Hall–Kier alpha value is -2.70. The topological polar surface area (TPSA) is 83.0 Å². The van der Waals surface area contributed by atoms with Crippen molar-refractivity contribution in [2.45, 2.75) is 57.9 Å². The average molecular weight is 368 g/mol. The first-order chi connectivity index (χ1) is 13.2. The molecule has 1 aliphatic rings. The molecule has 0 atom stereocenters. The van der Waals surface area contributed by atoms with Gasteiger partial charge in [0.15, 0.2) is 5.82 Å². The third kappa shape index (κ3) is 4.02. The first kappa shape index (κ1) is 17.7. The average Bonchev–Trinajstić information content (AvgIpc) is 3.14. The van der Waals surface area contributed by atoms with Gasteiger partial charge in [-0.05, 0) is 54.3 Å². The number of hydrogen-bond donors (Lipinski definition) is 0. The number of tetrazole rings is 1. The summed E-state index contributed by atoms with van der Waals surface area (Å²) in [5.74, 6) is 1.63. The third-order valence-electron chi connectivity index (χ3n) is 5.22. The minimum Gasteiger partial charge on any atom is -0.493 e. The molecule has 0 bridgehead atoms. The zero-order chi connectivity index (χ0) is 18.6. The number of ether oxygens (including phenoxy) is 1. The second kappa shape index (κ2) is 7.90. The number of benzene rings is 1. The van der Waals surface area contributed by atoms with Crippen molar-refractivity contribution in [3.63, 3.8) is 0 Å². The van der Waals surface area contributed by atoms with Gasteiger partial charge < -0.3 is 9.15 Å². The van der Waals surface area contributed by atoms with Gasteiger partial charge in [0.2, 0.25) is 0 Å². The molecule has 0 amide bonds. The number of fused-ring (bicyclic) bond motifs is 1. The Kier molecular flexibility index (Phi) is 5.18. The van der Waals surface area contributed by atoms with Crippen LogP contribution in [0, 0.1) is 6.92 Å². The van der Waals surface area contributed by atoms with Crippen LogP contribution >= 0.6 is 0 Å². The SMILES string of the molecule is Cc1cc(=O)oc2cc(OCCCc3nnnn3C3CCCCC3)ccc12. The van der Waals surface area contributed by atoms with Crippen molar-refractivity contribution in [1.82, 2.24) is 20.2 Å². The predicted octanol–water partition coefficient (Wildman–Crippen LogP) is 3.60. The van der Waals surface area contributed by atoms with Crippen LogP contribution in [0.4, 0.5) is 0 Å². The molecule has 2 heterocycles. The Labute approximate surface area is 157 Å². The van der Waals surface area contributed by atoms with Gasteiger partial charge >= 0.3 is 5.63 Å². The minimum absolute atomic E-state index is 0.341. The van der Waals surface area contributed by atoms with Gasteiger partial charge in [0.25, 0.3) is 0 Å². The molecule has 0 N–H and O–H groups in total. The monoisotopic (exact) mass is 368 g/mol. The minimum atomic E-state index is -0.341. The quantitative estimate of drug-likeness (QED) is 0.488. The number of rotatable bonds is 6. The molecule has 0 unspecified atom stereocenters. The lowest BCUT2D eigenvalue weighted by Gasteiger charge is -2.22. The smallest absolute Gasteiger partial charge is 0.336 e. The molecule has 1 saturated carbocycles. The molecule has 4 rings (SSSR count). The van der Waals surface area contributed by atoms with Crippen molar-refractivity contribution in [3.05, 3.63) is 46.1 Å². The molecule has 0 radical (unpaired) electrons. The number of nitrogens with zero attached hydrogens (tertiary/aromatic N) is 4. The molecule has 1 fully saturated rings. The molecule has 0 saturated heterocycles. The molecule has 7 heteroatoms. The summed E-state index contributed by atoms with van der Waals surface area (Å²) in [6.45, 7) is 2.45. The third-order valence-corrected chi connectivity index (χ3v) is 5.22. The molecule has 1 aliphatic carbocycles. The first-order valence-corrected chi connectivity index (χ1v) is 9.65. The fraction of sp³-hybridized carbons (Fsp3) is 0.500. The second-order valence-electron chi connectivity index (χ2n) is 7.19. The van der Waals surface area contributed by atoms with E-state index in [1.54, 1.807) is 6.07 Å². The van der Waals surface area contributed by atoms with Gasteiger partial charge in [0.05, 0.1) is 12.6 Å². The van der Waals surface area contributed by atoms with E-state index in [0.717, 1.165) is 42.5 Å². The lowest BCUT2D eigenvalue weighted by molar-refractivity contribution is 0.297. The maximum atomic E-state index is 11.5. The highest BCUT2D eigenvalue weighted by Crippen LogP contribution is 2.28. The number of hydrogen-bond acceptors (Lipinski definition) is 6. The second-order valence-corrected chi connectivity index (χ2v) is 7.19. The molecule has 0 spiro atoms. The van der Waals surface area contributed by atoms with Crippen LogP contribution in [0.2, 0.25) is 0 Å². The summed E-state index contributed by atoms with van der Waals surface area (Å²) >= 11 is 0. The maximum Gasteiger partial charge on any atom is 0.336 e. The van der Waals surface area contributed by atoms with Gasteiger partial charge in [0.1, 0.15) is 11.3 Å². The molecular formula is C20H24N4O3. The fourth-order valence-corrected chi connectivity index (χ4v) is 3.80. The van der Waals surface area contributed by atoms with Crippen molar-refractivity contribution >= 4 is 11.0 Å². The van der Waals surface area contributed by atoms with E-state index in [1.807, 2.05) is 23.7 Å². The standard InChI is InChI=1S/C20H24N4O3/c1-14-12-20(25)27-18-13-16(9-10-17(14)18)26-11-5-8-19-21-22-23-24(19)15-6-3-2-4-7-15/h9-10,12-13,15H,2-8,11H2,1H3.